The summed E-state index contributed by atoms with van der Waals surface area (Å²) in [5, 5.41) is 0. The van der Waals surface area contributed by atoms with E-state index in [4.69, 9.17) is 4.74 Å². The molecular weight excluding hydrogens is 200 g/mol. The summed E-state index contributed by atoms with van der Waals surface area (Å²) in [5.41, 5.74) is 0.937. The van der Waals surface area contributed by atoms with Gasteiger partial charge in [0.05, 0.1) is 5.92 Å². The van der Waals surface area contributed by atoms with E-state index in [1.807, 2.05) is 30.3 Å². The predicted molar refractivity (Wildman–Crippen MR) is 62.5 cm³/mol. The molecule has 1 radical (unpaired) electrons. The summed E-state index contributed by atoms with van der Waals surface area (Å²) in [7, 11) is 0. The maximum absolute atomic E-state index is 11.7. The van der Waals surface area contributed by atoms with Gasteiger partial charge >= 0.3 is 5.97 Å². The van der Waals surface area contributed by atoms with Crippen LogP contribution in [0.2, 0.25) is 0 Å². The molecule has 85 valence electrons. The number of hydrogen-bond acceptors (Lipinski definition) is 2. The number of carbonyl (C=O) groups excluding carboxylic acids is 1. The van der Waals surface area contributed by atoms with Crippen molar-refractivity contribution in [2.45, 2.75) is 32.1 Å². The monoisotopic (exact) mass is 217 g/mol. The highest BCUT2D eigenvalue weighted by atomic mass is 16.5. The summed E-state index contributed by atoms with van der Waals surface area (Å²) in [6.07, 6.45) is 5.55. The Labute approximate surface area is 96.6 Å². The molecule has 16 heavy (non-hydrogen) atoms. The molecule has 0 aromatic heterocycles. The molecule has 1 aliphatic rings. The zero-order valence-corrected chi connectivity index (χ0v) is 9.39. The lowest BCUT2D eigenvalue weighted by Gasteiger charge is -2.19. The fourth-order valence-corrected chi connectivity index (χ4v) is 2.09. The van der Waals surface area contributed by atoms with E-state index in [2.05, 4.69) is 0 Å². The van der Waals surface area contributed by atoms with Crippen LogP contribution >= 0.6 is 0 Å². The molecular formula is C14H17O2. The van der Waals surface area contributed by atoms with Crippen LogP contribution in [-0.4, -0.2) is 5.97 Å². The molecule has 1 fully saturated rings. The Hall–Kier alpha value is -1.31. The molecule has 0 aliphatic heterocycles. The Bertz CT molecular complexity index is 326. The minimum absolute atomic E-state index is 0.0662. The van der Waals surface area contributed by atoms with Crippen LogP contribution in [0.3, 0.4) is 0 Å². The van der Waals surface area contributed by atoms with Gasteiger partial charge in [-0.25, -0.2) is 0 Å². The molecule has 0 N–H and O–H groups in total. The summed E-state index contributed by atoms with van der Waals surface area (Å²) in [5.74, 6) is 0.0530. The van der Waals surface area contributed by atoms with Gasteiger partial charge in [-0.05, 0) is 18.4 Å². The normalized spacial score (nSPS) is 17.0. The Morgan fingerprint density at radius 2 is 1.81 bits per heavy atom. The number of benzene rings is 1. The van der Waals surface area contributed by atoms with Crippen LogP contribution in [0.25, 0.3) is 0 Å². The highest BCUT2D eigenvalue weighted by molar-refractivity contribution is 5.73. The van der Waals surface area contributed by atoms with Crippen molar-refractivity contribution < 1.29 is 9.53 Å². The van der Waals surface area contributed by atoms with Crippen LogP contribution in [-0.2, 0) is 9.53 Å². The van der Waals surface area contributed by atoms with Crippen LogP contribution in [0.4, 0.5) is 0 Å². The molecule has 1 aromatic carbocycles. The second-order valence-electron chi connectivity index (χ2n) is 4.30. The lowest BCUT2D eigenvalue weighted by molar-refractivity contribution is -0.145. The highest BCUT2D eigenvalue weighted by Crippen LogP contribution is 2.25. The van der Waals surface area contributed by atoms with Crippen molar-refractivity contribution in [3.8, 4) is 0 Å². The third-order valence-electron chi connectivity index (χ3n) is 3.05. The molecule has 1 aliphatic carbocycles. The smallest absolute Gasteiger partial charge is 0.309 e. The second-order valence-corrected chi connectivity index (χ2v) is 4.30. The second kappa shape index (κ2) is 5.69. The van der Waals surface area contributed by atoms with Crippen LogP contribution in [0.1, 0.15) is 37.7 Å². The van der Waals surface area contributed by atoms with Crippen molar-refractivity contribution in [1.82, 2.24) is 0 Å². The van der Waals surface area contributed by atoms with Crippen LogP contribution in [0.15, 0.2) is 30.3 Å². The lowest BCUT2D eigenvalue weighted by Crippen LogP contribution is -2.19. The molecule has 0 atom stereocenters. The van der Waals surface area contributed by atoms with Gasteiger partial charge in [0.2, 0.25) is 0 Å². The maximum atomic E-state index is 11.7. The number of rotatable bonds is 3. The molecule has 2 rings (SSSR count). The third-order valence-corrected chi connectivity index (χ3v) is 3.05. The van der Waals surface area contributed by atoms with Gasteiger partial charge in [-0.15, -0.1) is 0 Å². The summed E-state index contributed by atoms with van der Waals surface area (Å²) in [4.78, 5) is 11.7. The maximum Gasteiger partial charge on any atom is 0.309 e. The number of hydrogen-bond donors (Lipinski definition) is 0. The molecule has 1 saturated carbocycles. The van der Waals surface area contributed by atoms with E-state index < -0.39 is 0 Å². The van der Waals surface area contributed by atoms with Crippen molar-refractivity contribution in [3.05, 3.63) is 42.5 Å². The first-order valence-corrected chi connectivity index (χ1v) is 5.95. The summed E-state index contributed by atoms with van der Waals surface area (Å²) >= 11 is 0. The van der Waals surface area contributed by atoms with E-state index >= 15 is 0 Å². The molecule has 1 aromatic rings. The van der Waals surface area contributed by atoms with Gasteiger partial charge in [-0.2, -0.15) is 0 Å². The van der Waals surface area contributed by atoms with Gasteiger partial charge in [0.1, 0.15) is 0 Å². The first-order valence-electron chi connectivity index (χ1n) is 5.95. The Morgan fingerprint density at radius 1 is 1.12 bits per heavy atom. The van der Waals surface area contributed by atoms with Gasteiger partial charge in [0.15, 0.2) is 6.61 Å². The highest BCUT2D eigenvalue weighted by Gasteiger charge is 2.22. The standard InChI is InChI=1S/C14H17O2/c15-14(13-9-5-2-6-10-13)16-11-12-7-3-1-4-8-12/h1,3-4,7-8,11,13H,2,5-6,9-10H2. The van der Waals surface area contributed by atoms with Crippen molar-refractivity contribution >= 4 is 5.97 Å². The SMILES string of the molecule is O=C(O[CH]c1ccccc1)C1CCCCC1. The van der Waals surface area contributed by atoms with Crippen LogP contribution in [0, 0.1) is 12.5 Å². The fourth-order valence-electron chi connectivity index (χ4n) is 2.09. The Morgan fingerprint density at radius 3 is 2.50 bits per heavy atom. The average Bonchev–Trinajstić information content (AvgIpc) is 2.38. The van der Waals surface area contributed by atoms with Gasteiger partial charge in [-0.1, -0.05) is 49.6 Å². The van der Waals surface area contributed by atoms with Gasteiger partial charge in [-0.3, -0.25) is 4.79 Å². The molecule has 0 unspecified atom stereocenters. The zero-order chi connectivity index (χ0) is 11.2. The van der Waals surface area contributed by atoms with Gasteiger partial charge in [0, 0.05) is 0 Å². The molecule has 0 amide bonds. The summed E-state index contributed by atoms with van der Waals surface area (Å²) in [6, 6.07) is 9.66. The van der Waals surface area contributed by atoms with E-state index in [1.165, 1.54) is 6.42 Å². The van der Waals surface area contributed by atoms with Crippen molar-refractivity contribution in [2.24, 2.45) is 5.92 Å². The molecule has 0 heterocycles. The van der Waals surface area contributed by atoms with Crippen molar-refractivity contribution in [2.75, 3.05) is 0 Å². The van der Waals surface area contributed by atoms with Crippen LogP contribution in [0.5, 0.6) is 0 Å². The summed E-state index contributed by atoms with van der Waals surface area (Å²) < 4.78 is 5.20. The zero-order valence-electron chi connectivity index (χ0n) is 9.39. The molecule has 0 spiro atoms. The van der Waals surface area contributed by atoms with Gasteiger partial charge < -0.3 is 4.74 Å². The predicted octanol–water partition coefficient (Wildman–Crippen LogP) is 3.32. The third kappa shape index (κ3) is 3.09. The van der Waals surface area contributed by atoms with Crippen molar-refractivity contribution in [3.63, 3.8) is 0 Å². The van der Waals surface area contributed by atoms with E-state index in [1.54, 1.807) is 6.61 Å². The van der Waals surface area contributed by atoms with Crippen molar-refractivity contribution in [1.29, 1.82) is 0 Å². The van der Waals surface area contributed by atoms with E-state index in [0.717, 1.165) is 31.2 Å². The van der Waals surface area contributed by atoms with E-state index in [-0.39, 0.29) is 11.9 Å². The first kappa shape index (κ1) is 11.2. The lowest BCUT2D eigenvalue weighted by atomic mass is 9.89. The number of ether oxygens (including phenoxy) is 1. The number of esters is 1. The Kier molecular flexibility index (Phi) is 3.97. The van der Waals surface area contributed by atoms with E-state index in [0.29, 0.717) is 0 Å². The Balaban J connectivity index is 1.79. The molecule has 0 bridgehead atoms. The summed E-state index contributed by atoms with van der Waals surface area (Å²) in [6.45, 7) is 1.55. The number of carbonyl (C=O) groups is 1. The van der Waals surface area contributed by atoms with Crippen LogP contribution < -0.4 is 0 Å². The largest absolute Gasteiger partial charge is 0.453 e. The van der Waals surface area contributed by atoms with Gasteiger partial charge in [0.25, 0.3) is 0 Å². The van der Waals surface area contributed by atoms with E-state index in [9.17, 15) is 4.79 Å². The minimum atomic E-state index is -0.0662. The molecule has 0 saturated heterocycles. The molecule has 2 nitrogen and oxygen atoms in total. The average molecular weight is 217 g/mol. The topological polar surface area (TPSA) is 26.3 Å². The first-order chi connectivity index (χ1) is 7.86. The minimum Gasteiger partial charge on any atom is -0.453 e. The molecule has 2 heteroatoms. The fraction of sp³-hybridized carbons (Fsp3) is 0.429. The quantitative estimate of drug-likeness (QED) is 0.726.